The summed E-state index contributed by atoms with van der Waals surface area (Å²) in [5.41, 5.74) is 2.22. The molecule has 2 nitrogen and oxygen atoms in total. The Kier molecular flexibility index (Phi) is 3.19. The highest BCUT2D eigenvalue weighted by Gasteiger charge is 2.02. The number of rotatable bonds is 2. The Labute approximate surface area is 102 Å². The summed E-state index contributed by atoms with van der Waals surface area (Å²) in [4.78, 5) is 3.96. The minimum atomic E-state index is -0.213. The van der Waals surface area contributed by atoms with E-state index in [0.29, 0.717) is 5.56 Å². The molecular weight excluding hydrogens is 271 g/mol. The first kappa shape index (κ1) is 11.1. The fraction of sp³-hybridized carbons (Fsp3) is 0.0833. The molecule has 0 saturated carbocycles. The molecule has 0 aliphatic heterocycles. The van der Waals surface area contributed by atoms with Crippen LogP contribution in [0.4, 0.5) is 15.8 Å². The van der Waals surface area contributed by atoms with E-state index in [9.17, 15) is 4.39 Å². The minimum Gasteiger partial charge on any atom is -0.354 e. The lowest BCUT2D eigenvalue weighted by Gasteiger charge is -2.08. The highest BCUT2D eigenvalue weighted by Crippen LogP contribution is 2.25. The van der Waals surface area contributed by atoms with Gasteiger partial charge in [-0.05, 0) is 46.6 Å². The number of anilines is 2. The van der Waals surface area contributed by atoms with Gasteiger partial charge in [0.15, 0.2) is 0 Å². The molecule has 0 saturated heterocycles. The zero-order valence-electron chi connectivity index (χ0n) is 8.67. The van der Waals surface area contributed by atoms with Crippen LogP contribution in [0.5, 0.6) is 0 Å². The molecule has 1 aromatic heterocycles. The van der Waals surface area contributed by atoms with Crippen LogP contribution >= 0.6 is 15.9 Å². The van der Waals surface area contributed by atoms with Crippen molar-refractivity contribution in [3.8, 4) is 0 Å². The summed E-state index contributed by atoms with van der Waals surface area (Å²) in [5.74, 6) is -0.213. The Bertz CT molecular complexity index is 514. The summed E-state index contributed by atoms with van der Waals surface area (Å²) < 4.78 is 14.2. The molecule has 0 bridgehead atoms. The predicted molar refractivity (Wildman–Crippen MR) is 66.4 cm³/mol. The van der Waals surface area contributed by atoms with Gasteiger partial charge in [0, 0.05) is 18.1 Å². The summed E-state index contributed by atoms with van der Waals surface area (Å²) in [6, 6.07) is 6.88. The Hall–Kier alpha value is -1.42. The lowest BCUT2D eigenvalue weighted by atomic mass is 10.2. The third kappa shape index (κ3) is 2.39. The zero-order valence-corrected chi connectivity index (χ0v) is 10.3. The van der Waals surface area contributed by atoms with Crippen molar-refractivity contribution in [2.24, 2.45) is 0 Å². The Balaban J connectivity index is 2.28. The summed E-state index contributed by atoms with van der Waals surface area (Å²) >= 11 is 3.37. The van der Waals surface area contributed by atoms with Crippen molar-refractivity contribution in [2.75, 3.05) is 5.32 Å². The zero-order chi connectivity index (χ0) is 11.5. The van der Waals surface area contributed by atoms with Gasteiger partial charge in [0.05, 0.1) is 10.2 Å². The van der Waals surface area contributed by atoms with Crippen molar-refractivity contribution in [1.29, 1.82) is 0 Å². The number of benzene rings is 1. The van der Waals surface area contributed by atoms with E-state index >= 15 is 0 Å². The fourth-order valence-corrected chi connectivity index (χ4v) is 1.65. The third-order valence-corrected chi connectivity index (χ3v) is 2.86. The smallest absolute Gasteiger partial charge is 0.128 e. The van der Waals surface area contributed by atoms with E-state index in [-0.39, 0.29) is 5.82 Å². The van der Waals surface area contributed by atoms with E-state index in [2.05, 4.69) is 26.2 Å². The second-order valence-corrected chi connectivity index (χ2v) is 4.30. The van der Waals surface area contributed by atoms with Crippen molar-refractivity contribution in [3.63, 3.8) is 0 Å². The molecule has 2 rings (SSSR count). The molecule has 2 aromatic rings. The Morgan fingerprint density at radius 1 is 1.31 bits per heavy atom. The van der Waals surface area contributed by atoms with E-state index in [4.69, 9.17) is 0 Å². The number of pyridine rings is 1. The number of halogens is 2. The van der Waals surface area contributed by atoms with Crippen molar-refractivity contribution < 1.29 is 4.39 Å². The van der Waals surface area contributed by atoms with E-state index < -0.39 is 0 Å². The van der Waals surface area contributed by atoms with Gasteiger partial charge in [-0.3, -0.25) is 4.98 Å². The molecule has 0 radical (unpaired) electrons. The van der Waals surface area contributed by atoms with E-state index in [0.717, 1.165) is 15.8 Å². The monoisotopic (exact) mass is 280 g/mol. The van der Waals surface area contributed by atoms with Gasteiger partial charge >= 0.3 is 0 Å². The van der Waals surface area contributed by atoms with Crippen molar-refractivity contribution >= 4 is 27.3 Å². The van der Waals surface area contributed by atoms with E-state index in [1.807, 2.05) is 12.1 Å². The summed E-state index contributed by atoms with van der Waals surface area (Å²) in [6.45, 7) is 1.74. The first-order valence-corrected chi connectivity index (χ1v) is 5.59. The molecule has 0 aliphatic rings. The average Bonchev–Trinajstić information content (AvgIpc) is 2.27. The molecule has 0 fully saturated rings. The predicted octanol–water partition coefficient (Wildman–Crippen LogP) is 4.04. The quantitative estimate of drug-likeness (QED) is 0.898. The molecule has 0 aliphatic carbocycles. The lowest BCUT2D eigenvalue weighted by Crippen LogP contribution is -1.93. The lowest BCUT2D eigenvalue weighted by molar-refractivity contribution is 0.619. The summed E-state index contributed by atoms with van der Waals surface area (Å²) in [6.07, 6.45) is 3.37. The van der Waals surface area contributed by atoms with Crippen LogP contribution < -0.4 is 5.32 Å². The molecule has 82 valence electrons. The first-order valence-electron chi connectivity index (χ1n) is 4.79. The SMILES string of the molecule is Cc1ccc(Nc2ccncc2Br)cc1F. The van der Waals surface area contributed by atoms with Crippen LogP contribution in [0.1, 0.15) is 5.56 Å². The molecule has 0 spiro atoms. The normalized spacial score (nSPS) is 10.2. The molecule has 0 atom stereocenters. The maximum atomic E-state index is 13.3. The van der Waals surface area contributed by atoms with Gasteiger partial charge in [-0.1, -0.05) is 6.07 Å². The van der Waals surface area contributed by atoms with Crippen molar-refractivity contribution in [2.45, 2.75) is 6.92 Å². The molecule has 1 aromatic carbocycles. The standard InChI is InChI=1S/C12H10BrFN2/c1-8-2-3-9(6-11(8)14)16-12-4-5-15-7-10(12)13/h2-7H,1H3,(H,15,16). The first-order chi connectivity index (χ1) is 7.66. The van der Waals surface area contributed by atoms with Crippen LogP contribution in [0.2, 0.25) is 0 Å². The van der Waals surface area contributed by atoms with Gasteiger partial charge in [0.25, 0.3) is 0 Å². The van der Waals surface area contributed by atoms with Crippen LogP contribution in [0.15, 0.2) is 41.1 Å². The number of aromatic nitrogens is 1. The van der Waals surface area contributed by atoms with Gasteiger partial charge in [-0.15, -0.1) is 0 Å². The molecular formula is C12H10BrFN2. The molecule has 1 heterocycles. The largest absolute Gasteiger partial charge is 0.354 e. The van der Waals surface area contributed by atoms with Crippen LogP contribution in [0.25, 0.3) is 0 Å². The average molecular weight is 281 g/mol. The Morgan fingerprint density at radius 2 is 2.12 bits per heavy atom. The second kappa shape index (κ2) is 4.61. The third-order valence-electron chi connectivity index (χ3n) is 2.22. The number of nitrogens with one attached hydrogen (secondary N) is 1. The Morgan fingerprint density at radius 3 is 2.81 bits per heavy atom. The number of aryl methyl sites for hydroxylation is 1. The topological polar surface area (TPSA) is 24.9 Å². The van der Waals surface area contributed by atoms with E-state index in [1.165, 1.54) is 6.07 Å². The van der Waals surface area contributed by atoms with Gasteiger partial charge in [-0.2, -0.15) is 0 Å². The van der Waals surface area contributed by atoms with Crippen molar-refractivity contribution in [3.05, 3.63) is 52.5 Å². The van der Waals surface area contributed by atoms with Gasteiger partial charge in [0.2, 0.25) is 0 Å². The summed E-state index contributed by atoms with van der Waals surface area (Å²) in [5, 5.41) is 3.11. The highest BCUT2D eigenvalue weighted by atomic mass is 79.9. The van der Waals surface area contributed by atoms with Gasteiger partial charge in [-0.25, -0.2) is 4.39 Å². The highest BCUT2D eigenvalue weighted by molar-refractivity contribution is 9.10. The maximum absolute atomic E-state index is 13.3. The van der Waals surface area contributed by atoms with Crippen molar-refractivity contribution in [1.82, 2.24) is 4.98 Å². The molecule has 0 amide bonds. The molecule has 16 heavy (non-hydrogen) atoms. The molecule has 4 heteroatoms. The summed E-state index contributed by atoms with van der Waals surface area (Å²) in [7, 11) is 0. The second-order valence-electron chi connectivity index (χ2n) is 3.44. The maximum Gasteiger partial charge on any atom is 0.128 e. The number of hydrogen-bond acceptors (Lipinski definition) is 2. The van der Waals surface area contributed by atoms with Crippen LogP contribution in [-0.2, 0) is 0 Å². The molecule has 1 N–H and O–H groups in total. The number of hydrogen-bond donors (Lipinski definition) is 1. The van der Waals surface area contributed by atoms with Crippen LogP contribution in [0.3, 0.4) is 0 Å². The van der Waals surface area contributed by atoms with Gasteiger partial charge < -0.3 is 5.32 Å². The minimum absolute atomic E-state index is 0.213. The van der Waals surface area contributed by atoms with Gasteiger partial charge in [0.1, 0.15) is 5.82 Å². The van der Waals surface area contributed by atoms with Crippen LogP contribution in [0, 0.1) is 12.7 Å². The van der Waals surface area contributed by atoms with Crippen LogP contribution in [-0.4, -0.2) is 4.98 Å². The molecule has 0 unspecified atom stereocenters. The fourth-order valence-electron chi connectivity index (χ4n) is 1.30. The van der Waals surface area contributed by atoms with E-state index in [1.54, 1.807) is 25.4 Å². The number of nitrogens with zero attached hydrogens (tertiary/aromatic N) is 1.